The zero-order valence-electron chi connectivity index (χ0n) is 15.6. The van der Waals surface area contributed by atoms with Crippen molar-refractivity contribution in [3.05, 3.63) is 41.8 Å². The van der Waals surface area contributed by atoms with Crippen molar-refractivity contribution >= 4 is 23.6 Å². The van der Waals surface area contributed by atoms with Crippen LogP contribution in [0.15, 0.2) is 28.9 Å². The molecule has 1 aliphatic heterocycles. The molecule has 0 radical (unpaired) electrons. The van der Waals surface area contributed by atoms with Crippen LogP contribution in [0, 0.1) is 12.8 Å². The first-order valence-electron chi connectivity index (χ1n) is 9.03. The van der Waals surface area contributed by atoms with Gasteiger partial charge in [0.2, 0.25) is 17.7 Å². The van der Waals surface area contributed by atoms with Crippen LogP contribution < -0.4 is 5.32 Å². The summed E-state index contributed by atoms with van der Waals surface area (Å²) in [6.45, 7) is 2.66. The number of aliphatic hydroxyl groups excluding tert-OH is 1. The second kappa shape index (κ2) is 9.65. The zero-order chi connectivity index (χ0) is 19.9. The number of nitrogens with one attached hydrogen (secondary N) is 1. The smallest absolute Gasteiger partial charge is 0.236 e. The molecule has 1 saturated heterocycles. The number of aromatic nitrogens is 3. The van der Waals surface area contributed by atoms with Gasteiger partial charge in [0.05, 0.1) is 35.8 Å². The fourth-order valence-corrected chi connectivity index (χ4v) is 3.70. The Bertz CT molecular complexity index is 800. The molecule has 0 bridgehead atoms. The van der Waals surface area contributed by atoms with Crippen molar-refractivity contribution in [3.63, 3.8) is 0 Å². The van der Waals surface area contributed by atoms with Crippen LogP contribution in [-0.2, 0) is 21.9 Å². The number of thioether (sulfide) groups is 1. The van der Waals surface area contributed by atoms with E-state index >= 15 is 0 Å². The maximum atomic E-state index is 12.5. The van der Waals surface area contributed by atoms with Crippen LogP contribution in [0.3, 0.4) is 0 Å². The lowest BCUT2D eigenvalue weighted by molar-refractivity contribution is -0.138. The highest BCUT2D eigenvalue weighted by Gasteiger charge is 2.34. The molecule has 0 spiro atoms. The molecule has 3 rings (SSSR count). The van der Waals surface area contributed by atoms with Gasteiger partial charge in [-0.15, -0.1) is 11.8 Å². The van der Waals surface area contributed by atoms with Crippen molar-refractivity contribution in [2.24, 2.45) is 5.92 Å². The van der Waals surface area contributed by atoms with Gasteiger partial charge in [-0.05, 0) is 25.5 Å². The van der Waals surface area contributed by atoms with Gasteiger partial charge in [0.1, 0.15) is 0 Å². The molecule has 28 heavy (non-hydrogen) atoms. The molecule has 3 heterocycles. The third kappa shape index (κ3) is 5.52. The highest BCUT2D eigenvalue weighted by Crippen LogP contribution is 2.20. The Balaban J connectivity index is 1.47. The van der Waals surface area contributed by atoms with Gasteiger partial charge in [0.15, 0.2) is 5.82 Å². The minimum Gasteiger partial charge on any atom is -0.392 e. The summed E-state index contributed by atoms with van der Waals surface area (Å²) in [6, 6.07) is 5.46. The van der Waals surface area contributed by atoms with Gasteiger partial charge in [0.25, 0.3) is 0 Å². The van der Waals surface area contributed by atoms with Gasteiger partial charge >= 0.3 is 0 Å². The van der Waals surface area contributed by atoms with Gasteiger partial charge in [-0.2, -0.15) is 4.98 Å². The van der Waals surface area contributed by atoms with Crippen molar-refractivity contribution in [1.82, 2.24) is 25.3 Å². The summed E-state index contributed by atoms with van der Waals surface area (Å²) in [5.74, 6) is 0.754. The maximum Gasteiger partial charge on any atom is 0.236 e. The first-order valence-corrected chi connectivity index (χ1v) is 10.2. The number of carbonyl (C=O) groups is 2. The number of rotatable bonds is 7. The van der Waals surface area contributed by atoms with Gasteiger partial charge < -0.3 is 19.8 Å². The quantitative estimate of drug-likeness (QED) is 0.684. The first kappa shape index (κ1) is 20.3. The summed E-state index contributed by atoms with van der Waals surface area (Å²) in [6.07, 6.45) is 1.27. The van der Waals surface area contributed by atoms with Gasteiger partial charge in [0, 0.05) is 19.3 Å². The number of aliphatic hydroxyl groups is 1. The molecular weight excluding hydrogens is 382 g/mol. The predicted molar refractivity (Wildman–Crippen MR) is 102 cm³/mol. The summed E-state index contributed by atoms with van der Waals surface area (Å²) in [5, 5.41) is 16.7. The van der Waals surface area contributed by atoms with E-state index in [4.69, 9.17) is 4.52 Å². The topological polar surface area (TPSA) is 121 Å². The molecule has 1 fully saturated rings. The molecule has 0 saturated carbocycles. The number of amides is 2. The van der Waals surface area contributed by atoms with Crippen LogP contribution in [0.5, 0.6) is 0 Å². The lowest BCUT2D eigenvalue weighted by Crippen LogP contribution is -2.51. The summed E-state index contributed by atoms with van der Waals surface area (Å²) in [5.41, 5.74) is 0.738. The third-order valence-electron chi connectivity index (χ3n) is 4.46. The molecule has 2 aromatic rings. The highest BCUT2D eigenvalue weighted by molar-refractivity contribution is 7.99. The number of carbonyl (C=O) groups excluding carboxylic acids is 2. The van der Waals surface area contributed by atoms with Crippen molar-refractivity contribution in [2.45, 2.75) is 31.7 Å². The monoisotopic (exact) mass is 405 g/mol. The van der Waals surface area contributed by atoms with Crippen molar-refractivity contribution in [1.29, 1.82) is 0 Å². The summed E-state index contributed by atoms with van der Waals surface area (Å²) < 4.78 is 5.02. The van der Waals surface area contributed by atoms with E-state index in [1.807, 2.05) is 12.1 Å². The molecule has 1 aliphatic rings. The van der Waals surface area contributed by atoms with Gasteiger partial charge in [-0.3, -0.25) is 14.6 Å². The Morgan fingerprint density at radius 1 is 1.43 bits per heavy atom. The molecular formula is C18H23N5O4S. The van der Waals surface area contributed by atoms with Gasteiger partial charge in [-0.25, -0.2) is 0 Å². The van der Waals surface area contributed by atoms with Crippen LogP contribution in [0.25, 0.3) is 0 Å². The van der Waals surface area contributed by atoms with Crippen LogP contribution >= 0.6 is 11.8 Å². The molecule has 0 aliphatic carbocycles. The van der Waals surface area contributed by atoms with Crippen LogP contribution in [0.1, 0.15) is 23.8 Å². The molecule has 9 nitrogen and oxygen atoms in total. The normalized spacial score (nSPS) is 19.4. The molecule has 2 atom stereocenters. The average molecular weight is 405 g/mol. The second-order valence-electron chi connectivity index (χ2n) is 6.57. The van der Waals surface area contributed by atoms with Gasteiger partial charge in [-0.1, -0.05) is 11.2 Å². The number of hydrogen-bond donors (Lipinski definition) is 2. The Labute approximate surface area is 166 Å². The number of pyridine rings is 1. The van der Waals surface area contributed by atoms with E-state index in [2.05, 4.69) is 20.4 Å². The number of aryl methyl sites for hydroxylation is 1. The van der Waals surface area contributed by atoms with Crippen LogP contribution in [0.2, 0.25) is 0 Å². The molecule has 2 aromatic heterocycles. The van der Waals surface area contributed by atoms with Crippen LogP contribution in [0.4, 0.5) is 0 Å². The highest BCUT2D eigenvalue weighted by atomic mass is 32.2. The fourth-order valence-electron chi connectivity index (χ4n) is 2.95. The molecule has 150 valence electrons. The first-order chi connectivity index (χ1) is 13.5. The molecule has 2 N–H and O–H groups in total. The summed E-state index contributed by atoms with van der Waals surface area (Å²) in [4.78, 5) is 34.8. The number of nitrogens with zero attached hydrogens (tertiary/aromatic N) is 4. The van der Waals surface area contributed by atoms with E-state index in [0.717, 1.165) is 5.69 Å². The molecule has 0 unspecified atom stereocenters. The Morgan fingerprint density at radius 2 is 2.29 bits per heavy atom. The van der Waals surface area contributed by atoms with E-state index in [1.54, 1.807) is 24.1 Å². The number of piperidine rings is 1. The summed E-state index contributed by atoms with van der Waals surface area (Å²) in [7, 11) is 0. The lowest BCUT2D eigenvalue weighted by Gasteiger charge is -2.35. The largest absolute Gasteiger partial charge is 0.392 e. The number of hydrogen-bond acceptors (Lipinski definition) is 8. The number of likely N-dealkylation sites (tertiary alicyclic amines) is 1. The van der Waals surface area contributed by atoms with E-state index in [1.165, 1.54) is 11.8 Å². The minimum absolute atomic E-state index is 0.0735. The Kier molecular flexibility index (Phi) is 6.99. The molecule has 0 aromatic carbocycles. The van der Waals surface area contributed by atoms with E-state index < -0.39 is 12.0 Å². The van der Waals surface area contributed by atoms with E-state index in [-0.39, 0.29) is 30.7 Å². The van der Waals surface area contributed by atoms with E-state index in [0.29, 0.717) is 30.4 Å². The van der Waals surface area contributed by atoms with E-state index in [9.17, 15) is 14.7 Å². The predicted octanol–water partition coefficient (Wildman–Crippen LogP) is 0.532. The molecule has 2 amide bonds. The standard InChI is InChI=1S/C18H23N5O4S/c1-12-21-16(27-22-12)10-28-11-17(25)23-7-5-15(24)14(9-23)18(26)20-8-13-4-2-3-6-19-13/h2-4,6,14-15,24H,5,7-11H2,1H3,(H,20,26)/t14-,15+/m0/s1. The zero-order valence-corrected chi connectivity index (χ0v) is 16.4. The Morgan fingerprint density at radius 3 is 3.00 bits per heavy atom. The van der Waals surface area contributed by atoms with Crippen LogP contribution in [-0.4, -0.2) is 61.9 Å². The summed E-state index contributed by atoms with van der Waals surface area (Å²) >= 11 is 1.38. The third-order valence-corrected chi connectivity index (χ3v) is 5.36. The second-order valence-corrected chi connectivity index (χ2v) is 7.55. The Hall–Kier alpha value is -2.46. The SMILES string of the molecule is Cc1noc(CSCC(=O)N2CC[C@@H](O)[C@@H](C(=O)NCc3ccccn3)C2)n1. The lowest BCUT2D eigenvalue weighted by atomic mass is 9.93. The molecule has 10 heteroatoms. The maximum absolute atomic E-state index is 12.5. The fraction of sp³-hybridized carbons (Fsp3) is 0.500. The van der Waals surface area contributed by atoms with Crippen molar-refractivity contribution in [2.75, 3.05) is 18.8 Å². The minimum atomic E-state index is -0.762. The van der Waals surface area contributed by atoms with Crippen molar-refractivity contribution < 1.29 is 19.2 Å². The van der Waals surface area contributed by atoms with Crippen molar-refractivity contribution in [3.8, 4) is 0 Å². The average Bonchev–Trinajstić information content (AvgIpc) is 3.12.